The van der Waals surface area contributed by atoms with Gasteiger partial charge in [0.1, 0.15) is 28.9 Å². The van der Waals surface area contributed by atoms with Crippen molar-refractivity contribution in [2.75, 3.05) is 0 Å². The van der Waals surface area contributed by atoms with Gasteiger partial charge in [0.25, 0.3) is 0 Å². The van der Waals surface area contributed by atoms with E-state index in [1.54, 1.807) is 32.3 Å². The average molecular weight is 479 g/mol. The SMILES string of the molecule is CC1=CC(=O)c2nc3n(c2C1=O)CC[C@@H]3NC(=O)[C@H](Cc1ccc(C)cc1)NC(=O)OC(C)(C)C. The van der Waals surface area contributed by atoms with Crippen LogP contribution >= 0.6 is 0 Å². The maximum absolute atomic E-state index is 13.3. The van der Waals surface area contributed by atoms with Crippen molar-refractivity contribution in [3.63, 3.8) is 0 Å². The van der Waals surface area contributed by atoms with Gasteiger partial charge in [-0.25, -0.2) is 9.78 Å². The molecule has 184 valence electrons. The summed E-state index contributed by atoms with van der Waals surface area (Å²) in [5, 5.41) is 5.64. The molecule has 0 fully saturated rings. The van der Waals surface area contributed by atoms with Crippen molar-refractivity contribution in [2.45, 2.75) is 71.7 Å². The van der Waals surface area contributed by atoms with E-state index in [0.717, 1.165) is 11.1 Å². The van der Waals surface area contributed by atoms with E-state index in [1.165, 1.54) is 6.08 Å². The predicted molar refractivity (Wildman–Crippen MR) is 128 cm³/mol. The number of benzene rings is 1. The van der Waals surface area contributed by atoms with Crippen LogP contribution in [0.2, 0.25) is 0 Å². The number of hydrogen-bond acceptors (Lipinski definition) is 6. The molecule has 0 radical (unpaired) electrons. The summed E-state index contributed by atoms with van der Waals surface area (Å²) in [6, 6.07) is 6.33. The van der Waals surface area contributed by atoms with Crippen molar-refractivity contribution in [2.24, 2.45) is 0 Å². The number of allylic oxidation sites excluding steroid dienone is 2. The van der Waals surface area contributed by atoms with Crippen molar-refractivity contribution >= 4 is 23.6 Å². The maximum atomic E-state index is 13.3. The number of imidazole rings is 1. The summed E-state index contributed by atoms with van der Waals surface area (Å²) < 4.78 is 7.08. The summed E-state index contributed by atoms with van der Waals surface area (Å²) in [5.41, 5.74) is 2.04. The third-order valence-electron chi connectivity index (χ3n) is 5.99. The van der Waals surface area contributed by atoms with Gasteiger partial charge in [0.2, 0.25) is 17.5 Å². The van der Waals surface area contributed by atoms with E-state index in [-0.39, 0.29) is 29.4 Å². The molecule has 0 bridgehead atoms. The van der Waals surface area contributed by atoms with Gasteiger partial charge < -0.3 is 19.9 Å². The fourth-order valence-electron chi connectivity index (χ4n) is 4.30. The normalized spacial score (nSPS) is 17.9. The fourth-order valence-corrected chi connectivity index (χ4v) is 4.30. The third kappa shape index (κ3) is 5.18. The molecule has 0 spiro atoms. The standard InChI is InChI=1S/C26H30N4O5/c1-14-6-8-16(9-7-14)13-18(28-25(34)35-26(3,4)5)24(33)27-17-10-11-30-21-20(29-23(17)30)19(31)12-15(2)22(21)32/h6-9,12,17-18H,10-11,13H2,1-5H3,(H,27,33)(H,28,34)/t17-,18-/m0/s1. The van der Waals surface area contributed by atoms with E-state index >= 15 is 0 Å². The lowest BCUT2D eigenvalue weighted by Crippen LogP contribution is -2.50. The summed E-state index contributed by atoms with van der Waals surface area (Å²) in [6.07, 6.45) is 1.40. The Kier molecular flexibility index (Phi) is 6.36. The first-order chi connectivity index (χ1) is 16.4. The van der Waals surface area contributed by atoms with E-state index in [4.69, 9.17) is 4.74 Å². The number of nitrogens with zero attached hydrogens (tertiary/aromatic N) is 2. The van der Waals surface area contributed by atoms with Crippen molar-refractivity contribution in [3.8, 4) is 0 Å². The monoisotopic (exact) mass is 478 g/mol. The van der Waals surface area contributed by atoms with Gasteiger partial charge in [0, 0.05) is 18.5 Å². The molecule has 2 atom stereocenters. The molecule has 0 saturated heterocycles. The Morgan fingerprint density at radius 2 is 1.86 bits per heavy atom. The number of aromatic nitrogens is 2. The summed E-state index contributed by atoms with van der Waals surface area (Å²) in [4.78, 5) is 55.3. The number of fused-ring (bicyclic) bond motifs is 3. The number of ether oxygens (including phenoxy) is 1. The number of rotatable bonds is 5. The predicted octanol–water partition coefficient (Wildman–Crippen LogP) is 3.21. The van der Waals surface area contributed by atoms with Crippen molar-refractivity contribution in [3.05, 3.63) is 64.3 Å². The number of ketones is 2. The maximum Gasteiger partial charge on any atom is 0.408 e. The Balaban J connectivity index is 1.55. The van der Waals surface area contributed by atoms with Gasteiger partial charge in [-0.2, -0.15) is 0 Å². The van der Waals surface area contributed by atoms with Crippen LogP contribution in [0.5, 0.6) is 0 Å². The molecule has 2 heterocycles. The summed E-state index contributed by atoms with van der Waals surface area (Å²) >= 11 is 0. The smallest absolute Gasteiger partial charge is 0.408 e. The van der Waals surface area contributed by atoms with Crippen LogP contribution in [-0.2, 0) is 22.5 Å². The highest BCUT2D eigenvalue weighted by atomic mass is 16.6. The molecule has 4 rings (SSSR count). The topological polar surface area (TPSA) is 119 Å². The molecule has 1 aromatic carbocycles. The second-order valence-electron chi connectivity index (χ2n) is 10.1. The van der Waals surface area contributed by atoms with Gasteiger partial charge in [-0.3, -0.25) is 14.4 Å². The van der Waals surface area contributed by atoms with Crippen molar-refractivity contribution in [1.82, 2.24) is 20.2 Å². The van der Waals surface area contributed by atoms with Gasteiger partial charge >= 0.3 is 6.09 Å². The number of amides is 2. The van der Waals surface area contributed by atoms with Crippen LogP contribution in [0, 0.1) is 6.92 Å². The van der Waals surface area contributed by atoms with Crippen molar-refractivity contribution < 1.29 is 23.9 Å². The molecule has 0 saturated carbocycles. The molecule has 2 amide bonds. The minimum atomic E-state index is -0.890. The quantitative estimate of drug-likeness (QED) is 0.681. The molecule has 9 heteroatoms. The molecule has 1 aromatic heterocycles. The summed E-state index contributed by atoms with van der Waals surface area (Å²) in [5.74, 6) is -0.468. The highest BCUT2D eigenvalue weighted by Gasteiger charge is 2.38. The zero-order valence-electron chi connectivity index (χ0n) is 20.6. The molecular formula is C26H30N4O5. The Hall–Kier alpha value is -3.75. The van der Waals surface area contributed by atoms with Crippen LogP contribution in [0.1, 0.15) is 78.1 Å². The number of hydrogen-bond donors (Lipinski definition) is 2. The molecule has 2 aromatic rings. The van der Waals surface area contributed by atoms with E-state index in [0.29, 0.717) is 24.4 Å². The number of Topliss-reactive ketones (excluding diaryl/α,β-unsaturated/α-hetero) is 1. The molecule has 2 aliphatic rings. The third-order valence-corrected chi connectivity index (χ3v) is 5.99. The average Bonchev–Trinajstić information content (AvgIpc) is 3.32. The molecular weight excluding hydrogens is 448 g/mol. The van der Waals surface area contributed by atoms with Crippen molar-refractivity contribution in [1.29, 1.82) is 0 Å². The largest absolute Gasteiger partial charge is 0.444 e. The first-order valence-electron chi connectivity index (χ1n) is 11.7. The Labute approximate surface area is 203 Å². The minimum absolute atomic E-state index is 0.123. The van der Waals surface area contributed by atoms with E-state index < -0.39 is 29.7 Å². The zero-order valence-corrected chi connectivity index (χ0v) is 20.6. The molecule has 1 aliphatic heterocycles. The zero-order chi connectivity index (χ0) is 25.5. The van der Waals surface area contributed by atoms with E-state index in [9.17, 15) is 19.2 Å². The Morgan fingerprint density at radius 3 is 2.51 bits per heavy atom. The van der Waals surface area contributed by atoms with E-state index in [1.807, 2.05) is 31.2 Å². The summed E-state index contributed by atoms with van der Waals surface area (Å²) in [6.45, 7) is 9.29. The lowest BCUT2D eigenvalue weighted by atomic mass is 9.99. The fraction of sp³-hybridized carbons (Fsp3) is 0.423. The highest BCUT2D eigenvalue weighted by molar-refractivity contribution is 6.23. The first-order valence-corrected chi connectivity index (χ1v) is 11.7. The van der Waals surface area contributed by atoms with Gasteiger partial charge in [-0.15, -0.1) is 0 Å². The van der Waals surface area contributed by atoms with Gasteiger partial charge in [-0.1, -0.05) is 29.8 Å². The van der Waals surface area contributed by atoms with Crippen LogP contribution < -0.4 is 10.6 Å². The number of nitrogens with one attached hydrogen (secondary N) is 2. The lowest BCUT2D eigenvalue weighted by molar-refractivity contribution is -0.124. The first kappa shape index (κ1) is 24.4. The van der Waals surface area contributed by atoms with Gasteiger partial charge in [0.15, 0.2) is 0 Å². The van der Waals surface area contributed by atoms with Crippen LogP contribution in [0.15, 0.2) is 35.9 Å². The number of alkyl carbamates (subject to hydrolysis) is 1. The van der Waals surface area contributed by atoms with Crippen LogP contribution in [-0.4, -0.2) is 44.8 Å². The van der Waals surface area contributed by atoms with Gasteiger partial charge in [0.05, 0.1) is 6.04 Å². The molecule has 35 heavy (non-hydrogen) atoms. The van der Waals surface area contributed by atoms with Crippen LogP contribution in [0.3, 0.4) is 0 Å². The van der Waals surface area contributed by atoms with Crippen LogP contribution in [0.25, 0.3) is 0 Å². The Bertz CT molecular complexity index is 1230. The number of carbonyl (C=O) groups is 4. The second-order valence-corrected chi connectivity index (χ2v) is 10.1. The van der Waals surface area contributed by atoms with E-state index in [2.05, 4.69) is 15.6 Å². The lowest BCUT2D eigenvalue weighted by Gasteiger charge is -2.24. The van der Waals surface area contributed by atoms with Gasteiger partial charge in [-0.05, 0) is 52.7 Å². The number of carbonyl (C=O) groups excluding carboxylic acids is 4. The van der Waals surface area contributed by atoms with Crippen LogP contribution in [0.4, 0.5) is 4.79 Å². The second kappa shape index (κ2) is 9.13. The molecule has 2 N–H and O–H groups in total. The number of aryl methyl sites for hydroxylation is 1. The highest BCUT2D eigenvalue weighted by Crippen LogP contribution is 2.32. The molecule has 1 aliphatic carbocycles. The Morgan fingerprint density at radius 1 is 1.17 bits per heavy atom. The summed E-state index contributed by atoms with van der Waals surface area (Å²) in [7, 11) is 0. The minimum Gasteiger partial charge on any atom is -0.444 e. The molecule has 0 unspecified atom stereocenters. The molecule has 9 nitrogen and oxygen atoms in total.